The second kappa shape index (κ2) is 5.33. The van der Waals surface area contributed by atoms with Crippen molar-refractivity contribution in [2.24, 2.45) is 0 Å². The van der Waals surface area contributed by atoms with E-state index < -0.39 is 5.97 Å². The lowest BCUT2D eigenvalue weighted by molar-refractivity contribution is 0.0696. The number of halogens is 1. The monoisotopic (exact) mass is 276 g/mol. The molecule has 98 valence electrons. The van der Waals surface area contributed by atoms with Crippen molar-refractivity contribution in [2.75, 3.05) is 7.11 Å². The van der Waals surface area contributed by atoms with E-state index in [2.05, 4.69) is 0 Å². The number of benzene rings is 2. The van der Waals surface area contributed by atoms with Crippen molar-refractivity contribution in [1.29, 1.82) is 0 Å². The van der Waals surface area contributed by atoms with Gasteiger partial charge in [-0.25, -0.2) is 4.79 Å². The molecule has 0 saturated carbocycles. The number of carboxylic acids is 1. The van der Waals surface area contributed by atoms with Gasteiger partial charge in [-0.05, 0) is 41.8 Å². The predicted molar refractivity (Wildman–Crippen MR) is 75.1 cm³/mol. The van der Waals surface area contributed by atoms with Gasteiger partial charge in [-0.3, -0.25) is 0 Å². The smallest absolute Gasteiger partial charge is 0.335 e. The highest BCUT2D eigenvalue weighted by Gasteiger charge is 2.10. The van der Waals surface area contributed by atoms with Crippen LogP contribution in [0.2, 0.25) is 5.02 Å². The highest BCUT2D eigenvalue weighted by atomic mass is 35.5. The topological polar surface area (TPSA) is 46.5 Å². The van der Waals surface area contributed by atoms with Crippen LogP contribution in [0.5, 0.6) is 5.75 Å². The van der Waals surface area contributed by atoms with Gasteiger partial charge in [0.05, 0.1) is 17.7 Å². The van der Waals surface area contributed by atoms with Crippen LogP contribution >= 0.6 is 11.6 Å². The maximum Gasteiger partial charge on any atom is 0.335 e. The molecule has 0 aliphatic heterocycles. The highest BCUT2D eigenvalue weighted by molar-refractivity contribution is 6.32. The van der Waals surface area contributed by atoms with Gasteiger partial charge in [-0.15, -0.1) is 0 Å². The Hall–Kier alpha value is -2.00. The van der Waals surface area contributed by atoms with Crippen LogP contribution in [-0.2, 0) is 0 Å². The minimum Gasteiger partial charge on any atom is -0.495 e. The van der Waals surface area contributed by atoms with Gasteiger partial charge in [0.2, 0.25) is 0 Å². The van der Waals surface area contributed by atoms with Gasteiger partial charge in [0.25, 0.3) is 0 Å². The molecule has 0 bridgehead atoms. The van der Waals surface area contributed by atoms with Crippen LogP contribution in [0.3, 0.4) is 0 Å². The number of aromatic carboxylic acids is 1. The summed E-state index contributed by atoms with van der Waals surface area (Å²) in [7, 11) is 1.54. The number of hydrogen-bond donors (Lipinski definition) is 1. The molecule has 0 amide bonds. The van der Waals surface area contributed by atoms with E-state index in [-0.39, 0.29) is 0 Å². The van der Waals surface area contributed by atoms with Crippen molar-refractivity contribution in [1.82, 2.24) is 0 Å². The van der Waals surface area contributed by atoms with Crippen molar-refractivity contribution >= 4 is 17.6 Å². The third kappa shape index (κ3) is 2.71. The predicted octanol–water partition coefficient (Wildman–Crippen LogP) is 4.02. The van der Waals surface area contributed by atoms with Gasteiger partial charge in [0.15, 0.2) is 0 Å². The molecule has 0 fully saturated rings. The standard InChI is InChI=1S/C15H13ClO3/c1-9-3-4-10(7-12(9)15(17)18)11-5-6-13(16)14(8-11)19-2/h3-8H,1-2H3,(H,17,18). The van der Waals surface area contributed by atoms with Gasteiger partial charge in [0.1, 0.15) is 5.75 Å². The molecule has 1 N–H and O–H groups in total. The Morgan fingerprint density at radius 3 is 2.42 bits per heavy atom. The molecule has 3 nitrogen and oxygen atoms in total. The van der Waals surface area contributed by atoms with Crippen molar-refractivity contribution in [3.8, 4) is 16.9 Å². The fourth-order valence-electron chi connectivity index (χ4n) is 1.87. The fourth-order valence-corrected chi connectivity index (χ4v) is 2.07. The Balaban J connectivity index is 2.53. The highest BCUT2D eigenvalue weighted by Crippen LogP contribution is 2.31. The lowest BCUT2D eigenvalue weighted by Crippen LogP contribution is -1.99. The van der Waals surface area contributed by atoms with Gasteiger partial charge in [-0.2, -0.15) is 0 Å². The van der Waals surface area contributed by atoms with E-state index in [1.165, 1.54) is 0 Å². The quantitative estimate of drug-likeness (QED) is 0.921. The normalized spacial score (nSPS) is 10.3. The summed E-state index contributed by atoms with van der Waals surface area (Å²) in [4.78, 5) is 11.1. The Morgan fingerprint density at radius 2 is 1.79 bits per heavy atom. The summed E-state index contributed by atoms with van der Waals surface area (Å²) in [5, 5.41) is 9.66. The molecule has 0 unspecified atom stereocenters. The molecule has 2 rings (SSSR count). The van der Waals surface area contributed by atoms with Crippen molar-refractivity contribution in [3.05, 3.63) is 52.5 Å². The van der Waals surface area contributed by atoms with E-state index in [1.54, 1.807) is 38.3 Å². The zero-order valence-electron chi connectivity index (χ0n) is 10.6. The first-order chi connectivity index (χ1) is 9.02. The Kier molecular flexibility index (Phi) is 3.76. The summed E-state index contributed by atoms with van der Waals surface area (Å²) in [6, 6.07) is 10.7. The zero-order valence-corrected chi connectivity index (χ0v) is 11.4. The Labute approximate surface area is 116 Å². The molecule has 2 aromatic rings. The second-order valence-electron chi connectivity index (χ2n) is 4.18. The Bertz CT molecular complexity index is 635. The molecule has 0 saturated heterocycles. The van der Waals surface area contributed by atoms with E-state index in [0.29, 0.717) is 16.3 Å². The molecule has 19 heavy (non-hydrogen) atoms. The van der Waals surface area contributed by atoms with Crippen LogP contribution in [0.1, 0.15) is 15.9 Å². The molecule has 0 aliphatic rings. The van der Waals surface area contributed by atoms with Crippen molar-refractivity contribution in [2.45, 2.75) is 6.92 Å². The molecule has 0 radical (unpaired) electrons. The summed E-state index contributed by atoms with van der Waals surface area (Å²) in [5.41, 5.74) is 2.71. The average molecular weight is 277 g/mol. The molecule has 0 aliphatic carbocycles. The summed E-state index contributed by atoms with van der Waals surface area (Å²) >= 11 is 5.97. The zero-order chi connectivity index (χ0) is 14.0. The fraction of sp³-hybridized carbons (Fsp3) is 0.133. The van der Waals surface area contributed by atoms with Crippen LogP contribution in [0.25, 0.3) is 11.1 Å². The minimum atomic E-state index is -0.930. The van der Waals surface area contributed by atoms with E-state index in [9.17, 15) is 4.79 Å². The summed E-state index contributed by atoms with van der Waals surface area (Å²) in [6.07, 6.45) is 0. The minimum absolute atomic E-state index is 0.298. The first-order valence-corrected chi connectivity index (χ1v) is 6.08. The summed E-state index contributed by atoms with van der Waals surface area (Å²) < 4.78 is 5.16. The van der Waals surface area contributed by atoms with Crippen LogP contribution < -0.4 is 4.74 Å². The number of hydrogen-bond acceptors (Lipinski definition) is 2. The van der Waals surface area contributed by atoms with E-state index in [1.807, 2.05) is 12.1 Å². The molecule has 4 heteroatoms. The largest absolute Gasteiger partial charge is 0.495 e. The van der Waals surface area contributed by atoms with Gasteiger partial charge in [-0.1, -0.05) is 29.8 Å². The SMILES string of the molecule is COc1cc(-c2ccc(C)c(C(=O)O)c2)ccc1Cl. The number of methoxy groups -OCH3 is 1. The molecule has 0 atom stereocenters. The van der Waals surface area contributed by atoms with Crippen molar-refractivity contribution in [3.63, 3.8) is 0 Å². The summed E-state index contributed by atoms with van der Waals surface area (Å²) in [6.45, 7) is 1.77. The lowest BCUT2D eigenvalue weighted by atomic mass is 9.99. The van der Waals surface area contributed by atoms with Gasteiger partial charge < -0.3 is 9.84 Å². The average Bonchev–Trinajstić information content (AvgIpc) is 2.39. The van der Waals surface area contributed by atoms with E-state index in [4.69, 9.17) is 21.4 Å². The van der Waals surface area contributed by atoms with Crippen LogP contribution in [0, 0.1) is 6.92 Å². The first-order valence-electron chi connectivity index (χ1n) is 5.71. The molecular formula is C15H13ClO3. The third-order valence-electron chi connectivity index (χ3n) is 2.95. The second-order valence-corrected chi connectivity index (χ2v) is 4.59. The van der Waals surface area contributed by atoms with Crippen LogP contribution in [0.15, 0.2) is 36.4 Å². The first kappa shape index (κ1) is 13.4. The number of aryl methyl sites for hydroxylation is 1. The molecule has 0 heterocycles. The maximum atomic E-state index is 11.1. The number of ether oxygens (including phenoxy) is 1. The van der Waals surface area contributed by atoms with Gasteiger partial charge in [0, 0.05) is 0 Å². The Morgan fingerprint density at radius 1 is 1.16 bits per heavy atom. The maximum absolute atomic E-state index is 11.1. The van der Waals surface area contributed by atoms with E-state index >= 15 is 0 Å². The van der Waals surface area contributed by atoms with Crippen LogP contribution in [0.4, 0.5) is 0 Å². The molecular weight excluding hydrogens is 264 g/mol. The number of rotatable bonds is 3. The molecule has 0 spiro atoms. The third-order valence-corrected chi connectivity index (χ3v) is 3.26. The van der Waals surface area contributed by atoms with Gasteiger partial charge >= 0.3 is 5.97 Å². The van der Waals surface area contributed by atoms with E-state index in [0.717, 1.165) is 16.7 Å². The van der Waals surface area contributed by atoms with Crippen LogP contribution in [-0.4, -0.2) is 18.2 Å². The molecule has 0 aromatic heterocycles. The lowest BCUT2D eigenvalue weighted by Gasteiger charge is -2.08. The number of carboxylic acid groups (broad SMARTS) is 1. The van der Waals surface area contributed by atoms with Crippen molar-refractivity contribution < 1.29 is 14.6 Å². The number of carbonyl (C=O) groups is 1. The summed E-state index contributed by atoms with van der Waals surface area (Å²) in [5.74, 6) is -0.364. The molecule has 2 aromatic carbocycles.